The van der Waals surface area contributed by atoms with Gasteiger partial charge in [-0.3, -0.25) is 4.55 Å². The molecule has 4 rings (SSSR count). The molecule has 0 spiro atoms. The molecule has 0 aliphatic carbocycles. The molecular weight excluding hydrogens is 431 g/mol. The van der Waals surface area contributed by atoms with Crippen molar-refractivity contribution in [2.24, 2.45) is 0 Å². The van der Waals surface area contributed by atoms with Crippen molar-refractivity contribution in [3.8, 4) is 17.4 Å². The summed E-state index contributed by atoms with van der Waals surface area (Å²) in [6.07, 6.45) is 1.88. The van der Waals surface area contributed by atoms with Crippen LogP contribution in [0.3, 0.4) is 0 Å². The van der Waals surface area contributed by atoms with Crippen molar-refractivity contribution in [3.63, 3.8) is 0 Å². The molecule has 3 aromatic heterocycles. The van der Waals surface area contributed by atoms with E-state index < -0.39 is 22.3 Å². The van der Waals surface area contributed by atoms with Gasteiger partial charge in [-0.1, -0.05) is 0 Å². The highest BCUT2D eigenvalue weighted by molar-refractivity contribution is 7.80. The summed E-state index contributed by atoms with van der Waals surface area (Å²) in [6, 6.07) is 4.92. The van der Waals surface area contributed by atoms with Crippen molar-refractivity contribution in [1.82, 2.24) is 19.6 Å². The second-order valence-corrected chi connectivity index (χ2v) is 8.06. The van der Waals surface area contributed by atoms with Crippen LogP contribution in [0.25, 0.3) is 16.4 Å². The Hall–Kier alpha value is -3.22. The number of halogens is 1. The van der Waals surface area contributed by atoms with Gasteiger partial charge in [-0.05, 0) is 39.0 Å². The minimum Gasteiger partial charge on any atom is -0.489 e. The van der Waals surface area contributed by atoms with Gasteiger partial charge in [-0.2, -0.15) is 18.5 Å². The van der Waals surface area contributed by atoms with Crippen LogP contribution in [0.15, 0.2) is 30.7 Å². The topological polar surface area (TPSA) is 128 Å². The molecule has 2 N–H and O–H groups in total. The van der Waals surface area contributed by atoms with Crippen LogP contribution >= 0.6 is 0 Å². The smallest absolute Gasteiger partial charge is 0.397 e. The molecule has 3 heterocycles. The van der Waals surface area contributed by atoms with E-state index in [4.69, 9.17) is 14.0 Å². The number of aromatic nitrogens is 4. The number of fused-ring (bicyclic) bond motifs is 2. The minimum atomic E-state index is -4.59. The predicted octanol–water partition coefficient (Wildman–Crippen LogP) is 3.35. The number of benzene rings is 1. The first-order valence-corrected chi connectivity index (χ1v) is 10.6. The lowest BCUT2D eigenvalue weighted by Crippen LogP contribution is -2.21. The fourth-order valence-corrected chi connectivity index (χ4v) is 3.71. The zero-order chi connectivity index (χ0) is 22.3. The van der Waals surface area contributed by atoms with Gasteiger partial charge >= 0.3 is 10.4 Å². The van der Waals surface area contributed by atoms with E-state index in [0.717, 1.165) is 5.69 Å². The molecule has 0 aliphatic heterocycles. The molecule has 31 heavy (non-hydrogen) atoms. The number of ether oxygens (including phenoxy) is 2. The van der Waals surface area contributed by atoms with Crippen LogP contribution in [-0.2, 0) is 14.6 Å². The van der Waals surface area contributed by atoms with Gasteiger partial charge in [0.2, 0.25) is 5.88 Å². The molecule has 0 unspecified atom stereocenters. The van der Waals surface area contributed by atoms with Crippen molar-refractivity contribution in [2.75, 3.05) is 6.61 Å². The van der Waals surface area contributed by atoms with Gasteiger partial charge in [0, 0.05) is 22.2 Å². The predicted molar refractivity (Wildman–Crippen MR) is 108 cm³/mol. The van der Waals surface area contributed by atoms with Gasteiger partial charge < -0.3 is 14.5 Å². The van der Waals surface area contributed by atoms with E-state index in [1.165, 1.54) is 23.8 Å². The van der Waals surface area contributed by atoms with E-state index in [1.54, 1.807) is 25.3 Å². The Labute approximate surface area is 176 Å². The first-order valence-electron chi connectivity index (χ1n) is 9.19. The molecule has 0 radical (unpaired) electrons. The van der Waals surface area contributed by atoms with E-state index in [-0.39, 0.29) is 18.2 Å². The molecule has 0 saturated carbocycles. The van der Waals surface area contributed by atoms with Crippen LogP contribution in [0.1, 0.15) is 18.2 Å². The number of H-pyrrole nitrogens is 1. The minimum absolute atomic E-state index is 0.00495. The summed E-state index contributed by atoms with van der Waals surface area (Å²) in [6.45, 7) is 4.83. The Kier molecular flexibility index (Phi) is 5.29. The summed E-state index contributed by atoms with van der Waals surface area (Å²) in [5.41, 5.74) is 2.53. The van der Waals surface area contributed by atoms with Crippen LogP contribution in [0.5, 0.6) is 17.4 Å². The Morgan fingerprint density at radius 3 is 2.81 bits per heavy atom. The molecule has 4 aromatic rings. The number of nitrogens with zero attached hydrogens (tertiary/aromatic N) is 3. The van der Waals surface area contributed by atoms with Crippen molar-refractivity contribution >= 4 is 26.8 Å². The average Bonchev–Trinajstić information content (AvgIpc) is 3.21. The Bertz CT molecular complexity index is 1380. The SMILES string of the molecule is Cc1cc2c(F)c(Oc3ncnn4cc(OC[C@@H](C)OS(=O)(=O)O)c(C)c34)ccc2[nH]1. The maximum atomic E-state index is 14.9. The highest BCUT2D eigenvalue weighted by Crippen LogP contribution is 2.34. The molecule has 0 aliphatic rings. The van der Waals surface area contributed by atoms with Gasteiger partial charge in [0.25, 0.3) is 0 Å². The van der Waals surface area contributed by atoms with Crippen LogP contribution < -0.4 is 9.47 Å². The Balaban J connectivity index is 1.63. The number of rotatable bonds is 7. The summed E-state index contributed by atoms with van der Waals surface area (Å²) < 4.78 is 62.5. The summed E-state index contributed by atoms with van der Waals surface area (Å²) >= 11 is 0. The maximum Gasteiger partial charge on any atom is 0.397 e. The second-order valence-electron chi connectivity index (χ2n) is 7.02. The standard InChI is InChI=1S/C19H19FN4O6S/c1-10-6-13-14(23-10)4-5-15(17(13)20)29-19-18-12(3)16(7-24(18)22-9-21-19)28-8-11(2)30-31(25,26)27/h4-7,9,11,23H,8H2,1-3H3,(H,25,26,27)/t11-/m1/s1. The maximum absolute atomic E-state index is 14.9. The number of nitrogens with one attached hydrogen (secondary N) is 1. The van der Waals surface area contributed by atoms with Crippen LogP contribution in [-0.4, -0.2) is 45.3 Å². The van der Waals surface area contributed by atoms with Gasteiger partial charge in [0.15, 0.2) is 11.6 Å². The lowest BCUT2D eigenvalue weighted by atomic mass is 10.2. The molecule has 0 fully saturated rings. The summed E-state index contributed by atoms with van der Waals surface area (Å²) in [4.78, 5) is 7.19. The molecule has 12 heteroatoms. The average molecular weight is 450 g/mol. The molecule has 1 aromatic carbocycles. The lowest BCUT2D eigenvalue weighted by Gasteiger charge is -2.11. The number of hydrogen-bond donors (Lipinski definition) is 2. The molecular formula is C19H19FN4O6S. The van der Waals surface area contributed by atoms with Gasteiger partial charge in [0.1, 0.15) is 30.3 Å². The van der Waals surface area contributed by atoms with Gasteiger partial charge in [0.05, 0.1) is 6.20 Å². The zero-order valence-electron chi connectivity index (χ0n) is 16.8. The number of aromatic amines is 1. The van der Waals surface area contributed by atoms with Crippen molar-refractivity contribution in [2.45, 2.75) is 26.9 Å². The lowest BCUT2D eigenvalue weighted by molar-refractivity contribution is 0.133. The van der Waals surface area contributed by atoms with E-state index in [9.17, 15) is 12.8 Å². The first kappa shape index (κ1) is 21.0. The summed E-state index contributed by atoms with van der Waals surface area (Å²) in [5, 5.41) is 4.51. The highest BCUT2D eigenvalue weighted by Gasteiger charge is 2.19. The van der Waals surface area contributed by atoms with Crippen LogP contribution in [0.4, 0.5) is 4.39 Å². The second kappa shape index (κ2) is 7.80. The molecule has 164 valence electrons. The third-order valence-electron chi connectivity index (χ3n) is 4.55. The van der Waals surface area contributed by atoms with Crippen molar-refractivity contribution in [3.05, 3.63) is 47.8 Å². The third kappa shape index (κ3) is 4.31. The fourth-order valence-electron chi connectivity index (χ4n) is 3.24. The van der Waals surface area contributed by atoms with E-state index in [2.05, 4.69) is 19.2 Å². The number of hydrogen-bond acceptors (Lipinski definition) is 7. The van der Waals surface area contributed by atoms with Crippen LogP contribution in [0.2, 0.25) is 0 Å². The Morgan fingerprint density at radius 2 is 2.06 bits per heavy atom. The van der Waals surface area contributed by atoms with Gasteiger partial charge in [-0.15, -0.1) is 0 Å². The van der Waals surface area contributed by atoms with Crippen LogP contribution in [0, 0.1) is 19.7 Å². The first-order chi connectivity index (χ1) is 14.6. The normalized spacial score (nSPS) is 13.1. The summed E-state index contributed by atoms with van der Waals surface area (Å²) in [7, 11) is -4.59. The molecule has 10 nitrogen and oxygen atoms in total. The summed E-state index contributed by atoms with van der Waals surface area (Å²) in [5.74, 6) is -0.0239. The van der Waals surface area contributed by atoms with E-state index in [0.29, 0.717) is 27.7 Å². The molecule has 1 atom stereocenters. The largest absolute Gasteiger partial charge is 0.489 e. The molecule has 0 amide bonds. The van der Waals surface area contributed by atoms with Gasteiger partial charge in [-0.25, -0.2) is 13.1 Å². The third-order valence-corrected chi connectivity index (χ3v) is 5.12. The van der Waals surface area contributed by atoms with Crippen molar-refractivity contribution < 1.29 is 31.0 Å². The van der Waals surface area contributed by atoms with E-state index >= 15 is 0 Å². The Morgan fingerprint density at radius 1 is 1.29 bits per heavy atom. The molecule has 0 bridgehead atoms. The highest BCUT2D eigenvalue weighted by atomic mass is 32.3. The number of aryl methyl sites for hydroxylation is 2. The van der Waals surface area contributed by atoms with Crippen molar-refractivity contribution in [1.29, 1.82) is 0 Å². The quantitative estimate of drug-likeness (QED) is 0.410. The van der Waals surface area contributed by atoms with E-state index in [1.807, 2.05) is 6.92 Å². The zero-order valence-corrected chi connectivity index (χ0v) is 17.6. The monoisotopic (exact) mass is 450 g/mol. The fraction of sp³-hybridized carbons (Fsp3) is 0.263. The molecule has 0 saturated heterocycles.